The first kappa shape index (κ1) is 25.7. The van der Waals surface area contributed by atoms with Gasteiger partial charge in [0.25, 0.3) is 20.2 Å². The molecule has 158 valence electrons. The van der Waals surface area contributed by atoms with E-state index in [2.05, 4.69) is 0 Å². The van der Waals surface area contributed by atoms with Gasteiger partial charge in [0.2, 0.25) is 0 Å². The average molecular weight is 419 g/mol. The summed E-state index contributed by atoms with van der Waals surface area (Å²) in [5, 5.41) is 20.0. The van der Waals surface area contributed by atoms with Crippen LogP contribution < -0.4 is 0 Å². The van der Waals surface area contributed by atoms with Crippen LogP contribution in [0.2, 0.25) is 0 Å². The number of rotatable bonds is 13. The highest BCUT2D eigenvalue weighted by molar-refractivity contribution is 7.86. The minimum atomic E-state index is -4.07. The van der Waals surface area contributed by atoms with Crippen LogP contribution in [0, 0.1) is 10.8 Å². The third-order valence-corrected chi connectivity index (χ3v) is 6.58. The summed E-state index contributed by atoms with van der Waals surface area (Å²) in [6.07, 6.45) is 0.792. The second-order valence-corrected chi connectivity index (χ2v) is 11.6. The van der Waals surface area contributed by atoms with Crippen LogP contribution in [0.15, 0.2) is 0 Å². The molecule has 0 amide bonds. The molecule has 0 spiro atoms. The molecule has 0 fully saturated rings. The fraction of sp³-hybridized carbons (Fsp3) is 1.00. The molecule has 0 radical (unpaired) electrons. The predicted octanol–water partition coefficient (Wildman–Crippen LogP) is 1.88. The van der Waals surface area contributed by atoms with E-state index in [0.717, 1.165) is 0 Å². The Morgan fingerprint density at radius 3 is 1.15 bits per heavy atom. The van der Waals surface area contributed by atoms with Crippen molar-refractivity contribution >= 4 is 20.2 Å². The molecule has 0 saturated heterocycles. The van der Waals surface area contributed by atoms with Gasteiger partial charge in [0.1, 0.15) is 0 Å². The van der Waals surface area contributed by atoms with Crippen molar-refractivity contribution in [3.8, 4) is 0 Å². The molecule has 4 N–H and O–H groups in total. The van der Waals surface area contributed by atoms with Crippen molar-refractivity contribution < 1.29 is 36.2 Å². The summed E-state index contributed by atoms with van der Waals surface area (Å²) in [7, 11) is -8.14. The molecular weight excluding hydrogens is 384 g/mol. The summed E-state index contributed by atoms with van der Waals surface area (Å²) in [5.74, 6) is -0.754. The molecule has 0 aliphatic carbocycles. The second-order valence-electron chi connectivity index (χ2n) is 8.74. The summed E-state index contributed by atoms with van der Waals surface area (Å²) in [4.78, 5) is 0. The van der Waals surface area contributed by atoms with E-state index < -0.39 is 43.3 Å². The highest BCUT2D eigenvalue weighted by atomic mass is 32.2. The zero-order chi connectivity index (χ0) is 20.8. The van der Waals surface area contributed by atoms with E-state index in [0.29, 0.717) is 38.5 Å². The van der Waals surface area contributed by atoms with Crippen LogP contribution in [0.25, 0.3) is 0 Å². The van der Waals surface area contributed by atoms with Gasteiger partial charge in [-0.1, -0.05) is 27.7 Å². The van der Waals surface area contributed by atoms with Crippen molar-refractivity contribution in [3.63, 3.8) is 0 Å². The maximum atomic E-state index is 11.0. The monoisotopic (exact) mass is 418 g/mol. The summed E-state index contributed by atoms with van der Waals surface area (Å²) in [6, 6.07) is 0. The maximum absolute atomic E-state index is 11.0. The predicted molar refractivity (Wildman–Crippen MR) is 100 cm³/mol. The van der Waals surface area contributed by atoms with Crippen molar-refractivity contribution in [1.82, 2.24) is 0 Å². The van der Waals surface area contributed by atoms with E-state index in [1.54, 1.807) is 27.7 Å². The third-order valence-electron chi connectivity index (χ3n) is 4.29. The highest BCUT2D eigenvalue weighted by Gasteiger charge is 2.27. The maximum Gasteiger partial charge on any atom is 0.265 e. The molecule has 26 heavy (non-hydrogen) atoms. The van der Waals surface area contributed by atoms with E-state index in [1.165, 1.54) is 0 Å². The van der Waals surface area contributed by atoms with Crippen molar-refractivity contribution in [3.05, 3.63) is 0 Å². The number of hydrogen-bond acceptors (Lipinski definition) is 6. The normalized spacial score (nSPS) is 16.5. The van der Waals surface area contributed by atoms with Gasteiger partial charge in [-0.3, -0.25) is 9.11 Å². The molecule has 0 bridgehead atoms. The minimum Gasteiger partial charge on any atom is -0.393 e. The van der Waals surface area contributed by atoms with E-state index >= 15 is 0 Å². The molecule has 8 nitrogen and oxygen atoms in total. The Balaban J connectivity index is 4.21. The fourth-order valence-electron chi connectivity index (χ4n) is 2.92. The molecule has 0 aromatic carbocycles. The lowest BCUT2D eigenvalue weighted by molar-refractivity contribution is 0.0904. The van der Waals surface area contributed by atoms with Crippen molar-refractivity contribution in [1.29, 1.82) is 0 Å². The lowest BCUT2D eigenvalue weighted by atomic mass is 9.86. The minimum absolute atomic E-state index is 0.335. The van der Waals surface area contributed by atoms with E-state index in [9.17, 15) is 27.0 Å². The lowest BCUT2D eigenvalue weighted by Crippen LogP contribution is -2.26. The summed E-state index contributed by atoms with van der Waals surface area (Å²) in [6.45, 7) is 6.78. The first-order chi connectivity index (χ1) is 11.4. The summed E-state index contributed by atoms with van der Waals surface area (Å²) in [5.41, 5.74) is -1.32. The van der Waals surface area contributed by atoms with Crippen molar-refractivity contribution in [2.24, 2.45) is 10.8 Å². The molecule has 0 heterocycles. The zero-order valence-electron chi connectivity index (χ0n) is 16.0. The second kappa shape index (κ2) is 9.79. The van der Waals surface area contributed by atoms with E-state index in [4.69, 9.17) is 9.11 Å². The van der Waals surface area contributed by atoms with E-state index in [1.807, 2.05) is 0 Å². The van der Waals surface area contributed by atoms with Gasteiger partial charge in [0, 0.05) is 0 Å². The molecule has 0 aromatic heterocycles. The Bertz CT molecular complexity index is 567. The van der Waals surface area contributed by atoms with Gasteiger partial charge in [-0.2, -0.15) is 16.8 Å². The first-order valence-electron chi connectivity index (χ1n) is 8.67. The topological polar surface area (TPSA) is 149 Å². The quantitative estimate of drug-likeness (QED) is 0.331. The number of hydrogen-bond donors (Lipinski definition) is 4. The third kappa shape index (κ3) is 14.9. The fourth-order valence-corrected chi connectivity index (χ4v) is 5.18. The largest absolute Gasteiger partial charge is 0.393 e. The van der Waals surface area contributed by atoms with Crippen LogP contribution in [0.5, 0.6) is 0 Å². The van der Waals surface area contributed by atoms with Crippen LogP contribution in [0.4, 0.5) is 0 Å². The molecule has 0 aromatic rings. The molecule has 10 heteroatoms. The van der Waals surface area contributed by atoms with Crippen LogP contribution in [-0.4, -0.2) is 59.9 Å². The molecule has 0 saturated carbocycles. The number of aliphatic hydroxyl groups is 2. The SMILES string of the molecule is CC(C)(CCC(O)CCC(O)CCC(C)(C)CS(=O)(=O)O)CS(=O)(=O)O. The van der Waals surface area contributed by atoms with Gasteiger partial charge in [-0.05, 0) is 49.4 Å². The molecule has 2 atom stereocenters. The van der Waals surface area contributed by atoms with Crippen molar-refractivity contribution in [2.75, 3.05) is 11.5 Å². The van der Waals surface area contributed by atoms with Gasteiger partial charge in [-0.25, -0.2) is 0 Å². The van der Waals surface area contributed by atoms with Crippen LogP contribution >= 0.6 is 0 Å². The smallest absolute Gasteiger partial charge is 0.265 e. The zero-order valence-corrected chi connectivity index (χ0v) is 17.7. The van der Waals surface area contributed by atoms with Gasteiger partial charge >= 0.3 is 0 Å². The summed E-state index contributed by atoms with van der Waals surface area (Å²) >= 11 is 0. The Labute approximate surface area is 157 Å². The van der Waals surface area contributed by atoms with Crippen LogP contribution in [0.1, 0.15) is 66.2 Å². The van der Waals surface area contributed by atoms with E-state index in [-0.39, 0.29) is 11.5 Å². The van der Waals surface area contributed by atoms with Crippen molar-refractivity contribution in [2.45, 2.75) is 78.4 Å². The van der Waals surface area contributed by atoms with Gasteiger partial charge < -0.3 is 10.2 Å². The number of aliphatic hydroxyl groups excluding tert-OH is 2. The highest BCUT2D eigenvalue weighted by Crippen LogP contribution is 2.28. The molecule has 2 unspecified atom stereocenters. The molecular formula is C16H34O8S2. The summed E-state index contributed by atoms with van der Waals surface area (Å²) < 4.78 is 61.6. The van der Waals surface area contributed by atoms with Crippen LogP contribution in [0.3, 0.4) is 0 Å². The van der Waals surface area contributed by atoms with Crippen LogP contribution in [-0.2, 0) is 20.2 Å². The Hall–Kier alpha value is -0.260. The first-order valence-corrected chi connectivity index (χ1v) is 11.9. The average Bonchev–Trinajstić information content (AvgIpc) is 2.35. The van der Waals surface area contributed by atoms with Gasteiger partial charge in [0.15, 0.2) is 0 Å². The molecule has 0 aliphatic heterocycles. The Kier molecular flexibility index (Phi) is 9.69. The Morgan fingerprint density at radius 1 is 0.654 bits per heavy atom. The molecule has 0 rings (SSSR count). The van der Waals surface area contributed by atoms with Gasteiger partial charge in [-0.15, -0.1) is 0 Å². The Morgan fingerprint density at radius 2 is 0.923 bits per heavy atom. The van der Waals surface area contributed by atoms with Gasteiger partial charge in [0.05, 0.1) is 23.7 Å². The standard InChI is InChI=1S/C16H34O8S2/c1-15(2,11-25(19,20)21)9-7-13(17)5-6-14(18)8-10-16(3,4)12-26(22,23)24/h13-14,17-18H,5-12H2,1-4H3,(H,19,20,21)(H,22,23,24). The lowest BCUT2D eigenvalue weighted by Gasteiger charge is -2.25. The molecule has 0 aliphatic rings.